The molecule has 2 aromatic rings. The van der Waals surface area contributed by atoms with E-state index < -0.39 is 11.9 Å². The predicted octanol–water partition coefficient (Wildman–Crippen LogP) is 3.42. The van der Waals surface area contributed by atoms with Crippen LogP contribution in [-0.2, 0) is 4.79 Å². The van der Waals surface area contributed by atoms with E-state index in [1.54, 1.807) is 30.2 Å². The SMILES string of the molecule is COc1ccc(C(=O)N2C[C@H](C(=O)O)[C@H](c3ccccc3)C2)c(OC(C)C)c1. The normalized spacial score (nSPS) is 18.9. The minimum Gasteiger partial charge on any atom is -0.497 e. The number of hydrogen-bond donors (Lipinski definition) is 1. The van der Waals surface area contributed by atoms with Crippen molar-refractivity contribution in [1.82, 2.24) is 4.90 Å². The number of benzene rings is 2. The Morgan fingerprint density at radius 3 is 2.43 bits per heavy atom. The first kappa shape index (κ1) is 19.7. The van der Waals surface area contributed by atoms with Gasteiger partial charge in [-0.05, 0) is 31.5 Å². The molecule has 1 heterocycles. The number of carbonyl (C=O) groups excluding carboxylic acids is 1. The van der Waals surface area contributed by atoms with E-state index in [2.05, 4.69) is 0 Å². The average molecular weight is 383 g/mol. The van der Waals surface area contributed by atoms with Crippen molar-refractivity contribution in [3.8, 4) is 11.5 Å². The Balaban J connectivity index is 1.89. The number of carboxylic acids is 1. The highest BCUT2D eigenvalue weighted by molar-refractivity contribution is 5.98. The van der Waals surface area contributed by atoms with Gasteiger partial charge in [0.1, 0.15) is 11.5 Å². The molecule has 0 aliphatic carbocycles. The Morgan fingerprint density at radius 1 is 1.11 bits per heavy atom. The van der Waals surface area contributed by atoms with E-state index in [1.165, 1.54) is 0 Å². The van der Waals surface area contributed by atoms with Crippen molar-refractivity contribution in [2.45, 2.75) is 25.9 Å². The lowest BCUT2D eigenvalue weighted by molar-refractivity contribution is -0.141. The van der Waals surface area contributed by atoms with Gasteiger partial charge in [0.05, 0.1) is 24.7 Å². The minimum absolute atomic E-state index is 0.110. The van der Waals surface area contributed by atoms with Gasteiger partial charge >= 0.3 is 5.97 Å². The molecule has 1 amide bonds. The molecular formula is C22H25NO5. The number of likely N-dealkylation sites (tertiary alicyclic amines) is 1. The second kappa shape index (κ2) is 8.33. The summed E-state index contributed by atoms with van der Waals surface area (Å²) in [6, 6.07) is 14.6. The zero-order chi connectivity index (χ0) is 20.3. The van der Waals surface area contributed by atoms with Crippen molar-refractivity contribution >= 4 is 11.9 Å². The molecule has 3 rings (SSSR count). The number of carbonyl (C=O) groups is 2. The lowest BCUT2D eigenvalue weighted by Crippen LogP contribution is -2.30. The fourth-order valence-corrected chi connectivity index (χ4v) is 3.59. The number of hydrogen-bond acceptors (Lipinski definition) is 4. The third-order valence-electron chi connectivity index (χ3n) is 4.93. The lowest BCUT2D eigenvalue weighted by atomic mass is 9.89. The van der Waals surface area contributed by atoms with Crippen LogP contribution in [0.25, 0.3) is 0 Å². The highest BCUT2D eigenvalue weighted by atomic mass is 16.5. The zero-order valence-corrected chi connectivity index (χ0v) is 16.3. The summed E-state index contributed by atoms with van der Waals surface area (Å²) in [4.78, 5) is 26.6. The molecule has 1 aliphatic heterocycles. The summed E-state index contributed by atoms with van der Waals surface area (Å²) in [6.45, 7) is 4.29. The van der Waals surface area contributed by atoms with Crippen molar-refractivity contribution in [2.24, 2.45) is 5.92 Å². The molecule has 28 heavy (non-hydrogen) atoms. The van der Waals surface area contributed by atoms with Crippen LogP contribution >= 0.6 is 0 Å². The first-order chi connectivity index (χ1) is 13.4. The number of amides is 1. The van der Waals surface area contributed by atoms with Crippen molar-refractivity contribution in [1.29, 1.82) is 0 Å². The van der Waals surface area contributed by atoms with E-state index in [4.69, 9.17) is 9.47 Å². The topological polar surface area (TPSA) is 76.1 Å². The van der Waals surface area contributed by atoms with Gasteiger partial charge < -0.3 is 19.5 Å². The summed E-state index contributed by atoms with van der Waals surface area (Å²) in [5.74, 6) is -0.969. The first-order valence-corrected chi connectivity index (χ1v) is 9.32. The smallest absolute Gasteiger partial charge is 0.308 e. The quantitative estimate of drug-likeness (QED) is 0.827. The zero-order valence-electron chi connectivity index (χ0n) is 16.3. The highest BCUT2D eigenvalue weighted by Crippen LogP contribution is 2.35. The number of methoxy groups -OCH3 is 1. The van der Waals surface area contributed by atoms with E-state index in [1.807, 2.05) is 44.2 Å². The standard InChI is InChI=1S/C22H25NO5/c1-14(2)28-20-11-16(27-3)9-10-17(20)21(24)23-12-18(19(13-23)22(25)26)15-7-5-4-6-8-15/h4-11,14,18-19H,12-13H2,1-3H3,(H,25,26)/t18-,19-/m0/s1. The van der Waals surface area contributed by atoms with E-state index in [9.17, 15) is 14.7 Å². The molecular weight excluding hydrogens is 358 g/mol. The number of rotatable bonds is 6. The molecule has 0 bridgehead atoms. The van der Waals surface area contributed by atoms with Gasteiger partial charge in [-0.3, -0.25) is 9.59 Å². The Morgan fingerprint density at radius 2 is 1.82 bits per heavy atom. The van der Waals surface area contributed by atoms with E-state index >= 15 is 0 Å². The molecule has 2 aromatic carbocycles. The maximum atomic E-state index is 13.2. The summed E-state index contributed by atoms with van der Waals surface area (Å²) < 4.78 is 11.0. The minimum atomic E-state index is -0.891. The molecule has 1 aliphatic rings. The molecule has 1 saturated heterocycles. The van der Waals surface area contributed by atoms with Crippen LogP contribution in [-0.4, -0.2) is 48.2 Å². The molecule has 148 valence electrons. The van der Waals surface area contributed by atoms with Gasteiger partial charge in [-0.2, -0.15) is 0 Å². The van der Waals surface area contributed by atoms with Crippen LogP contribution in [0.4, 0.5) is 0 Å². The van der Waals surface area contributed by atoms with Crippen molar-refractivity contribution in [3.63, 3.8) is 0 Å². The molecule has 0 unspecified atom stereocenters. The van der Waals surface area contributed by atoms with Crippen LogP contribution in [0.2, 0.25) is 0 Å². The summed E-state index contributed by atoms with van der Waals surface area (Å²) in [6.07, 6.45) is -0.110. The van der Waals surface area contributed by atoms with Gasteiger partial charge in [0, 0.05) is 25.1 Å². The van der Waals surface area contributed by atoms with E-state index in [-0.39, 0.29) is 24.5 Å². The van der Waals surface area contributed by atoms with Crippen LogP contribution in [0.5, 0.6) is 11.5 Å². The number of aliphatic carboxylic acids is 1. The maximum absolute atomic E-state index is 13.2. The largest absolute Gasteiger partial charge is 0.497 e. The van der Waals surface area contributed by atoms with Crippen molar-refractivity contribution < 1.29 is 24.2 Å². The van der Waals surface area contributed by atoms with Gasteiger partial charge in [-0.25, -0.2) is 0 Å². The van der Waals surface area contributed by atoms with Gasteiger partial charge in [-0.15, -0.1) is 0 Å². The molecule has 0 aromatic heterocycles. The van der Waals surface area contributed by atoms with Gasteiger partial charge in [0.25, 0.3) is 5.91 Å². The number of carboxylic acid groups (broad SMARTS) is 1. The van der Waals surface area contributed by atoms with Crippen LogP contribution in [0.15, 0.2) is 48.5 Å². The molecule has 1 fully saturated rings. The fraction of sp³-hybridized carbons (Fsp3) is 0.364. The van der Waals surface area contributed by atoms with Crippen molar-refractivity contribution in [2.75, 3.05) is 20.2 Å². The van der Waals surface area contributed by atoms with Gasteiger partial charge in [-0.1, -0.05) is 30.3 Å². The summed E-state index contributed by atoms with van der Waals surface area (Å²) in [5, 5.41) is 9.68. The molecule has 1 N–H and O–H groups in total. The second-order valence-electron chi connectivity index (χ2n) is 7.20. The van der Waals surface area contributed by atoms with E-state index in [0.29, 0.717) is 23.6 Å². The maximum Gasteiger partial charge on any atom is 0.308 e. The third kappa shape index (κ3) is 4.11. The Labute approximate surface area is 164 Å². The molecule has 0 saturated carbocycles. The van der Waals surface area contributed by atoms with E-state index in [0.717, 1.165) is 5.56 Å². The monoisotopic (exact) mass is 383 g/mol. The van der Waals surface area contributed by atoms with Gasteiger partial charge in [0.15, 0.2) is 0 Å². The first-order valence-electron chi connectivity index (χ1n) is 9.32. The van der Waals surface area contributed by atoms with Crippen LogP contribution in [0.1, 0.15) is 35.7 Å². The fourth-order valence-electron chi connectivity index (χ4n) is 3.59. The highest BCUT2D eigenvalue weighted by Gasteiger charge is 2.41. The third-order valence-corrected chi connectivity index (χ3v) is 4.93. The summed E-state index contributed by atoms with van der Waals surface area (Å²) >= 11 is 0. The molecule has 6 nitrogen and oxygen atoms in total. The summed E-state index contributed by atoms with van der Waals surface area (Å²) in [7, 11) is 1.55. The van der Waals surface area contributed by atoms with Crippen LogP contribution in [0, 0.1) is 5.92 Å². The van der Waals surface area contributed by atoms with Crippen LogP contribution < -0.4 is 9.47 Å². The Hall–Kier alpha value is -3.02. The molecule has 2 atom stereocenters. The second-order valence-corrected chi connectivity index (χ2v) is 7.20. The molecule has 0 radical (unpaired) electrons. The Kier molecular flexibility index (Phi) is 5.87. The lowest BCUT2D eigenvalue weighted by Gasteiger charge is -2.20. The Bertz CT molecular complexity index is 849. The summed E-state index contributed by atoms with van der Waals surface area (Å²) in [5.41, 5.74) is 1.34. The molecule has 6 heteroatoms. The number of nitrogens with zero attached hydrogens (tertiary/aromatic N) is 1. The van der Waals surface area contributed by atoms with Crippen LogP contribution in [0.3, 0.4) is 0 Å². The average Bonchev–Trinajstić information content (AvgIpc) is 3.13. The predicted molar refractivity (Wildman–Crippen MR) is 105 cm³/mol. The number of ether oxygens (including phenoxy) is 2. The van der Waals surface area contributed by atoms with Gasteiger partial charge in [0.2, 0.25) is 0 Å². The molecule has 0 spiro atoms. The van der Waals surface area contributed by atoms with Crippen molar-refractivity contribution in [3.05, 3.63) is 59.7 Å².